The van der Waals surface area contributed by atoms with E-state index in [1.165, 1.54) is 0 Å². The van der Waals surface area contributed by atoms with Gasteiger partial charge in [0, 0.05) is 38.4 Å². The molecule has 150 valence electrons. The quantitative estimate of drug-likeness (QED) is 0.774. The van der Waals surface area contributed by atoms with Gasteiger partial charge in [-0.2, -0.15) is 0 Å². The Kier molecular flexibility index (Phi) is 7.20. The molecule has 1 aliphatic heterocycles. The molecule has 0 saturated carbocycles. The highest BCUT2D eigenvalue weighted by Crippen LogP contribution is 2.19. The molecule has 0 aromatic heterocycles. The minimum atomic E-state index is -0.360. The number of rotatable bonds is 7. The van der Waals surface area contributed by atoms with Crippen molar-refractivity contribution in [3.05, 3.63) is 65.2 Å². The standard InChI is InChI=1S/C23H31N3O2/c1-18-7-6-8-19(2)23(18)24-22(28)17-26-13-11-25(12-14-26)16-21(27)15-20-9-4-3-5-10-20/h3-10,21,27H,11-17H2,1-2H3,(H,24,28). The molecule has 2 aromatic rings. The van der Waals surface area contributed by atoms with Crippen LogP contribution in [0.5, 0.6) is 0 Å². The fourth-order valence-electron chi connectivity index (χ4n) is 3.77. The van der Waals surface area contributed by atoms with Crippen molar-refractivity contribution in [2.75, 3.05) is 44.6 Å². The summed E-state index contributed by atoms with van der Waals surface area (Å²) in [5.41, 5.74) is 4.27. The van der Waals surface area contributed by atoms with Gasteiger partial charge in [0.15, 0.2) is 0 Å². The number of aliphatic hydroxyl groups excluding tert-OH is 1. The Morgan fingerprint density at radius 3 is 2.21 bits per heavy atom. The lowest BCUT2D eigenvalue weighted by Crippen LogP contribution is -2.50. The third kappa shape index (κ3) is 5.89. The highest BCUT2D eigenvalue weighted by molar-refractivity contribution is 5.93. The maximum absolute atomic E-state index is 12.4. The number of hydrogen-bond acceptors (Lipinski definition) is 4. The first-order chi connectivity index (χ1) is 13.5. The third-order valence-electron chi connectivity index (χ3n) is 5.36. The number of carbonyl (C=O) groups excluding carboxylic acids is 1. The van der Waals surface area contributed by atoms with E-state index in [2.05, 4.69) is 27.2 Å². The van der Waals surface area contributed by atoms with Gasteiger partial charge in [0.2, 0.25) is 5.91 Å². The monoisotopic (exact) mass is 381 g/mol. The van der Waals surface area contributed by atoms with Gasteiger partial charge < -0.3 is 10.4 Å². The van der Waals surface area contributed by atoms with Crippen LogP contribution in [-0.4, -0.2) is 66.2 Å². The summed E-state index contributed by atoms with van der Waals surface area (Å²) in [5, 5.41) is 13.4. The van der Waals surface area contributed by atoms with Gasteiger partial charge >= 0.3 is 0 Å². The highest BCUT2D eigenvalue weighted by atomic mass is 16.3. The number of nitrogens with zero attached hydrogens (tertiary/aromatic N) is 2. The Bertz CT molecular complexity index is 750. The summed E-state index contributed by atoms with van der Waals surface area (Å²) in [6.45, 7) is 8.57. The number of para-hydroxylation sites is 1. The predicted octanol–water partition coefficient (Wildman–Crippen LogP) is 2.46. The fraction of sp³-hybridized carbons (Fsp3) is 0.435. The van der Waals surface area contributed by atoms with Gasteiger partial charge in [0.05, 0.1) is 12.6 Å². The summed E-state index contributed by atoms with van der Waals surface area (Å²) in [4.78, 5) is 16.9. The largest absolute Gasteiger partial charge is 0.391 e. The number of aliphatic hydroxyl groups is 1. The Labute approximate surface area is 168 Å². The average Bonchev–Trinajstić information content (AvgIpc) is 2.67. The number of carbonyl (C=O) groups is 1. The van der Waals surface area contributed by atoms with Gasteiger partial charge in [-0.3, -0.25) is 14.6 Å². The van der Waals surface area contributed by atoms with E-state index in [9.17, 15) is 9.90 Å². The van der Waals surface area contributed by atoms with Crippen LogP contribution < -0.4 is 5.32 Å². The molecule has 28 heavy (non-hydrogen) atoms. The first-order valence-corrected chi connectivity index (χ1v) is 10.0. The molecule has 1 heterocycles. The molecule has 3 rings (SSSR count). The van der Waals surface area contributed by atoms with Crippen LogP contribution in [0, 0.1) is 13.8 Å². The minimum absolute atomic E-state index is 0.0370. The van der Waals surface area contributed by atoms with Gasteiger partial charge in [0.25, 0.3) is 0 Å². The molecule has 0 bridgehead atoms. The normalized spacial score (nSPS) is 16.7. The lowest BCUT2D eigenvalue weighted by Gasteiger charge is -2.35. The van der Waals surface area contributed by atoms with Crippen LogP contribution in [-0.2, 0) is 11.2 Å². The lowest BCUT2D eigenvalue weighted by molar-refractivity contribution is -0.117. The molecule has 5 heteroatoms. The van der Waals surface area contributed by atoms with E-state index in [1.807, 2.05) is 50.2 Å². The van der Waals surface area contributed by atoms with Crippen molar-refractivity contribution >= 4 is 11.6 Å². The second-order valence-corrected chi connectivity index (χ2v) is 7.74. The van der Waals surface area contributed by atoms with Crippen molar-refractivity contribution in [3.8, 4) is 0 Å². The number of piperazine rings is 1. The number of hydrogen-bond donors (Lipinski definition) is 2. The third-order valence-corrected chi connectivity index (χ3v) is 5.36. The summed E-state index contributed by atoms with van der Waals surface area (Å²) >= 11 is 0. The minimum Gasteiger partial charge on any atom is -0.391 e. The SMILES string of the molecule is Cc1cccc(C)c1NC(=O)CN1CCN(CC(O)Cc2ccccc2)CC1. The number of anilines is 1. The number of amides is 1. The van der Waals surface area contributed by atoms with Gasteiger partial charge in [0.1, 0.15) is 0 Å². The fourth-order valence-corrected chi connectivity index (χ4v) is 3.77. The number of nitrogens with one attached hydrogen (secondary N) is 1. The van der Waals surface area contributed by atoms with Crippen LogP contribution >= 0.6 is 0 Å². The summed E-state index contributed by atoms with van der Waals surface area (Å²) in [6, 6.07) is 16.1. The molecule has 1 fully saturated rings. The van der Waals surface area contributed by atoms with Crippen LogP contribution in [0.1, 0.15) is 16.7 Å². The molecular formula is C23H31N3O2. The van der Waals surface area contributed by atoms with E-state index in [4.69, 9.17) is 0 Å². The number of benzene rings is 2. The van der Waals surface area contributed by atoms with Crippen LogP contribution in [0.15, 0.2) is 48.5 Å². The van der Waals surface area contributed by atoms with Crippen molar-refractivity contribution in [1.82, 2.24) is 9.80 Å². The van der Waals surface area contributed by atoms with Crippen molar-refractivity contribution < 1.29 is 9.90 Å². The van der Waals surface area contributed by atoms with Crippen molar-refractivity contribution in [3.63, 3.8) is 0 Å². The first-order valence-electron chi connectivity index (χ1n) is 10.0. The predicted molar refractivity (Wildman–Crippen MR) is 114 cm³/mol. The zero-order valence-corrected chi connectivity index (χ0v) is 16.9. The van der Waals surface area contributed by atoms with Gasteiger partial charge in [-0.15, -0.1) is 0 Å². The number of β-amino-alcohol motifs (C(OH)–C–C–N with tert-alkyl or cyclic N) is 1. The maximum Gasteiger partial charge on any atom is 0.238 e. The smallest absolute Gasteiger partial charge is 0.238 e. The molecule has 0 radical (unpaired) electrons. The van der Waals surface area contributed by atoms with Crippen molar-refractivity contribution in [2.45, 2.75) is 26.4 Å². The zero-order chi connectivity index (χ0) is 19.9. The van der Waals surface area contributed by atoms with E-state index in [0.717, 1.165) is 48.6 Å². The Morgan fingerprint density at radius 2 is 1.57 bits per heavy atom. The Hall–Kier alpha value is -2.21. The van der Waals surface area contributed by atoms with Crippen molar-refractivity contribution in [1.29, 1.82) is 0 Å². The van der Waals surface area contributed by atoms with Gasteiger partial charge in [-0.25, -0.2) is 0 Å². The van der Waals surface area contributed by atoms with E-state index < -0.39 is 0 Å². The molecule has 2 aromatic carbocycles. The Balaban J connectivity index is 1.41. The van der Waals surface area contributed by atoms with Crippen molar-refractivity contribution in [2.24, 2.45) is 0 Å². The molecule has 1 saturated heterocycles. The summed E-state index contributed by atoms with van der Waals surface area (Å²) in [7, 11) is 0. The molecule has 0 aliphatic carbocycles. The zero-order valence-electron chi connectivity index (χ0n) is 16.9. The van der Waals surface area contributed by atoms with Gasteiger partial charge in [-0.1, -0.05) is 48.5 Å². The van der Waals surface area contributed by atoms with Crippen LogP contribution in [0.2, 0.25) is 0 Å². The number of aryl methyl sites for hydroxylation is 2. The highest BCUT2D eigenvalue weighted by Gasteiger charge is 2.21. The second-order valence-electron chi connectivity index (χ2n) is 7.74. The lowest BCUT2D eigenvalue weighted by atomic mass is 10.1. The first kappa shape index (κ1) is 20.5. The summed E-state index contributed by atoms with van der Waals surface area (Å²) in [5.74, 6) is 0.0370. The van der Waals surface area contributed by atoms with E-state index in [-0.39, 0.29) is 12.0 Å². The molecular weight excluding hydrogens is 350 g/mol. The van der Waals surface area contributed by atoms with Crippen LogP contribution in [0.25, 0.3) is 0 Å². The van der Waals surface area contributed by atoms with E-state index in [0.29, 0.717) is 19.5 Å². The molecule has 1 amide bonds. The van der Waals surface area contributed by atoms with Crippen LogP contribution in [0.3, 0.4) is 0 Å². The Morgan fingerprint density at radius 1 is 0.964 bits per heavy atom. The van der Waals surface area contributed by atoms with E-state index >= 15 is 0 Å². The van der Waals surface area contributed by atoms with Gasteiger partial charge in [-0.05, 0) is 37.0 Å². The molecule has 2 N–H and O–H groups in total. The van der Waals surface area contributed by atoms with Crippen LogP contribution in [0.4, 0.5) is 5.69 Å². The average molecular weight is 382 g/mol. The summed E-state index contributed by atoms with van der Waals surface area (Å²) < 4.78 is 0. The summed E-state index contributed by atoms with van der Waals surface area (Å²) in [6.07, 6.45) is 0.320. The molecule has 0 spiro atoms. The van der Waals surface area contributed by atoms with E-state index in [1.54, 1.807) is 0 Å². The topological polar surface area (TPSA) is 55.8 Å². The molecule has 1 unspecified atom stereocenters. The second kappa shape index (κ2) is 9.82. The molecule has 1 aliphatic rings. The maximum atomic E-state index is 12.4. The molecule has 5 nitrogen and oxygen atoms in total. The molecule has 1 atom stereocenters.